The van der Waals surface area contributed by atoms with Gasteiger partial charge < -0.3 is 4.74 Å². The van der Waals surface area contributed by atoms with E-state index in [0.29, 0.717) is 21.5 Å². The molecule has 1 aromatic carbocycles. The maximum Gasteiger partial charge on any atom is 0.280 e. The number of rotatable bonds is 5. The lowest BCUT2D eigenvalue weighted by molar-refractivity contribution is -0.149. The number of carbonyl (C=O) groups is 3. The van der Waals surface area contributed by atoms with E-state index >= 15 is 0 Å². The zero-order valence-electron chi connectivity index (χ0n) is 12.4. The number of amides is 3. The molecule has 0 aliphatic carbocycles. The van der Waals surface area contributed by atoms with E-state index in [1.807, 2.05) is 0 Å². The molecule has 1 N–H and O–H groups in total. The minimum absolute atomic E-state index is 0.245. The maximum absolute atomic E-state index is 12.2. The van der Waals surface area contributed by atoms with Crippen LogP contribution in [0, 0.1) is 0 Å². The molecule has 2 rings (SSSR count). The highest BCUT2D eigenvalue weighted by Gasteiger charge is 2.32. The smallest absolute Gasteiger partial charge is 0.280 e. The Morgan fingerprint density at radius 1 is 1.35 bits per heavy atom. The number of ether oxygens (including phenoxy) is 1. The zero-order valence-corrected chi connectivity index (χ0v) is 13.9. The maximum atomic E-state index is 12.2. The third-order valence-corrected chi connectivity index (χ3v) is 3.70. The van der Waals surface area contributed by atoms with E-state index in [9.17, 15) is 14.4 Å². The molecule has 0 radical (unpaired) electrons. The number of nitrogens with one attached hydrogen (secondary N) is 1. The second-order valence-corrected chi connectivity index (χ2v) is 5.72. The van der Waals surface area contributed by atoms with E-state index < -0.39 is 23.8 Å². The van der Waals surface area contributed by atoms with E-state index in [1.165, 1.54) is 13.0 Å². The Balaban J connectivity index is 2.09. The minimum atomic E-state index is -0.938. The van der Waals surface area contributed by atoms with Crippen molar-refractivity contribution in [3.8, 4) is 5.75 Å². The van der Waals surface area contributed by atoms with Gasteiger partial charge in [0.15, 0.2) is 6.10 Å². The third-order valence-electron chi connectivity index (χ3n) is 3.15. The standard InChI is InChI=1S/C15H14Cl2N2O4/c1-3-11(23-12-7-9(16)4-5-10(12)17)14(21)18-19-13(20)6-8(2)15(19)22/h4-7,11H,3H2,1-2H3,(H,18,21). The number of hydrazine groups is 1. The molecule has 0 saturated carbocycles. The van der Waals surface area contributed by atoms with Gasteiger partial charge in [-0.05, 0) is 25.5 Å². The van der Waals surface area contributed by atoms with Crippen LogP contribution in [-0.2, 0) is 14.4 Å². The van der Waals surface area contributed by atoms with Crippen LogP contribution in [0.1, 0.15) is 20.3 Å². The Labute approximate surface area is 143 Å². The summed E-state index contributed by atoms with van der Waals surface area (Å²) in [4.78, 5) is 35.6. The molecule has 1 aromatic rings. The van der Waals surface area contributed by atoms with Crippen LogP contribution in [0.4, 0.5) is 0 Å². The predicted molar refractivity (Wildman–Crippen MR) is 84.9 cm³/mol. The Kier molecular flexibility index (Phi) is 5.28. The fourth-order valence-electron chi connectivity index (χ4n) is 1.92. The van der Waals surface area contributed by atoms with Crippen LogP contribution in [-0.4, -0.2) is 28.8 Å². The van der Waals surface area contributed by atoms with Crippen molar-refractivity contribution in [3.05, 3.63) is 39.9 Å². The molecule has 1 atom stereocenters. The molecule has 23 heavy (non-hydrogen) atoms. The van der Waals surface area contributed by atoms with E-state index in [-0.39, 0.29) is 11.3 Å². The minimum Gasteiger partial charge on any atom is -0.479 e. The molecule has 1 heterocycles. The van der Waals surface area contributed by atoms with Crippen molar-refractivity contribution in [3.63, 3.8) is 0 Å². The summed E-state index contributed by atoms with van der Waals surface area (Å²) < 4.78 is 5.55. The van der Waals surface area contributed by atoms with Crippen LogP contribution in [0.25, 0.3) is 0 Å². The van der Waals surface area contributed by atoms with Crippen LogP contribution in [0.3, 0.4) is 0 Å². The fourth-order valence-corrected chi connectivity index (χ4v) is 2.24. The Morgan fingerprint density at radius 2 is 2.04 bits per heavy atom. The quantitative estimate of drug-likeness (QED) is 0.822. The van der Waals surface area contributed by atoms with Gasteiger partial charge in [-0.15, -0.1) is 0 Å². The van der Waals surface area contributed by atoms with Gasteiger partial charge in [0.25, 0.3) is 17.7 Å². The van der Waals surface area contributed by atoms with E-state index in [2.05, 4.69) is 5.43 Å². The largest absolute Gasteiger partial charge is 0.479 e. The van der Waals surface area contributed by atoms with Gasteiger partial charge in [0.1, 0.15) is 5.75 Å². The molecular formula is C15H14Cl2N2O4. The number of benzene rings is 1. The first-order valence-electron chi connectivity index (χ1n) is 6.82. The number of halogens is 2. The third kappa shape index (κ3) is 3.83. The van der Waals surface area contributed by atoms with E-state index in [1.54, 1.807) is 19.1 Å². The molecule has 0 spiro atoms. The number of hydrogen-bond acceptors (Lipinski definition) is 4. The van der Waals surface area contributed by atoms with Crippen LogP contribution in [0.15, 0.2) is 29.8 Å². The van der Waals surface area contributed by atoms with Crippen molar-refractivity contribution in [1.29, 1.82) is 0 Å². The van der Waals surface area contributed by atoms with Crippen LogP contribution >= 0.6 is 23.2 Å². The van der Waals surface area contributed by atoms with Crippen LogP contribution in [0.5, 0.6) is 5.75 Å². The van der Waals surface area contributed by atoms with Gasteiger partial charge in [-0.1, -0.05) is 30.1 Å². The molecule has 0 aromatic heterocycles. The SMILES string of the molecule is CCC(Oc1cc(Cl)ccc1Cl)C(=O)NN1C(=O)C=C(C)C1=O. The zero-order chi connectivity index (χ0) is 17.1. The number of hydrogen-bond donors (Lipinski definition) is 1. The van der Waals surface area contributed by atoms with E-state index in [4.69, 9.17) is 27.9 Å². The van der Waals surface area contributed by atoms with Gasteiger partial charge in [0, 0.05) is 22.7 Å². The molecule has 3 amide bonds. The van der Waals surface area contributed by atoms with Crippen molar-refractivity contribution in [2.75, 3.05) is 0 Å². The number of nitrogens with zero attached hydrogens (tertiary/aromatic N) is 1. The first kappa shape index (κ1) is 17.3. The van der Waals surface area contributed by atoms with Crippen LogP contribution < -0.4 is 10.2 Å². The second kappa shape index (κ2) is 7.02. The highest BCUT2D eigenvalue weighted by atomic mass is 35.5. The second-order valence-electron chi connectivity index (χ2n) is 4.87. The highest BCUT2D eigenvalue weighted by molar-refractivity contribution is 6.34. The molecule has 0 saturated heterocycles. The number of carbonyl (C=O) groups excluding carboxylic acids is 3. The average molecular weight is 357 g/mol. The van der Waals surface area contributed by atoms with Gasteiger partial charge >= 0.3 is 0 Å². The first-order chi connectivity index (χ1) is 10.8. The summed E-state index contributed by atoms with van der Waals surface area (Å²) in [5.41, 5.74) is 2.51. The lowest BCUT2D eigenvalue weighted by Crippen LogP contribution is -2.51. The first-order valence-corrected chi connectivity index (χ1v) is 7.58. The summed E-state index contributed by atoms with van der Waals surface area (Å²) in [5.74, 6) is -1.56. The van der Waals surface area contributed by atoms with Gasteiger partial charge in [0.2, 0.25) is 0 Å². The van der Waals surface area contributed by atoms with Crippen molar-refractivity contribution in [1.82, 2.24) is 10.4 Å². The van der Waals surface area contributed by atoms with Crippen molar-refractivity contribution < 1.29 is 19.1 Å². The fraction of sp³-hybridized carbons (Fsp3) is 0.267. The lowest BCUT2D eigenvalue weighted by Gasteiger charge is -2.21. The van der Waals surface area contributed by atoms with Crippen molar-refractivity contribution in [2.45, 2.75) is 26.4 Å². The summed E-state index contributed by atoms with van der Waals surface area (Å²) >= 11 is 11.9. The van der Waals surface area contributed by atoms with Crippen molar-refractivity contribution in [2.24, 2.45) is 0 Å². The molecule has 6 nitrogen and oxygen atoms in total. The van der Waals surface area contributed by atoms with Crippen LogP contribution in [0.2, 0.25) is 10.0 Å². The molecule has 8 heteroatoms. The Bertz CT molecular complexity index is 703. The summed E-state index contributed by atoms with van der Waals surface area (Å²) in [7, 11) is 0. The normalized spacial score (nSPS) is 15.5. The van der Waals surface area contributed by atoms with Crippen molar-refractivity contribution >= 4 is 40.9 Å². The predicted octanol–water partition coefficient (Wildman–Crippen LogP) is 2.50. The van der Waals surface area contributed by atoms with Gasteiger partial charge in [0.05, 0.1) is 5.02 Å². The van der Waals surface area contributed by atoms with Gasteiger partial charge in [-0.2, -0.15) is 5.01 Å². The van der Waals surface area contributed by atoms with Gasteiger partial charge in [-0.3, -0.25) is 19.8 Å². The molecule has 0 fully saturated rings. The Morgan fingerprint density at radius 3 is 2.61 bits per heavy atom. The molecule has 0 bridgehead atoms. The molecule has 1 aliphatic rings. The van der Waals surface area contributed by atoms with E-state index in [0.717, 1.165) is 6.08 Å². The monoisotopic (exact) mass is 356 g/mol. The average Bonchev–Trinajstić information content (AvgIpc) is 2.74. The molecule has 1 aliphatic heterocycles. The van der Waals surface area contributed by atoms with Gasteiger partial charge in [-0.25, -0.2) is 0 Å². The molecule has 122 valence electrons. The molecular weight excluding hydrogens is 343 g/mol. The summed E-state index contributed by atoms with van der Waals surface area (Å²) in [6.07, 6.45) is 0.516. The summed E-state index contributed by atoms with van der Waals surface area (Å²) in [5, 5.41) is 1.36. The topological polar surface area (TPSA) is 75.7 Å². The Hall–Kier alpha value is -2.05. The summed E-state index contributed by atoms with van der Waals surface area (Å²) in [6.45, 7) is 3.21. The summed E-state index contributed by atoms with van der Waals surface area (Å²) in [6, 6.07) is 4.62. The highest BCUT2D eigenvalue weighted by Crippen LogP contribution is 2.29. The molecule has 1 unspecified atom stereocenters. The lowest BCUT2D eigenvalue weighted by atomic mass is 10.2. The number of imide groups is 1.